The Labute approximate surface area is 179 Å². The minimum atomic E-state index is 0.0170. The first-order valence-corrected chi connectivity index (χ1v) is 11.3. The van der Waals surface area contributed by atoms with Crippen molar-refractivity contribution in [2.24, 2.45) is 11.8 Å². The Balaban J connectivity index is 1.57. The summed E-state index contributed by atoms with van der Waals surface area (Å²) in [6.45, 7) is 8.61. The predicted molar refractivity (Wildman–Crippen MR) is 119 cm³/mol. The Bertz CT molecular complexity index is 1010. The number of aryl methyl sites for hydroxylation is 1. The van der Waals surface area contributed by atoms with Gasteiger partial charge in [-0.3, -0.25) is 4.79 Å². The van der Waals surface area contributed by atoms with Gasteiger partial charge in [-0.25, -0.2) is 4.68 Å². The fourth-order valence-electron chi connectivity index (χ4n) is 3.63. The molecule has 2 aromatic heterocycles. The Kier molecular flexibility index (Phi) is 5.79. The van der Waals surface area contributed by atoms with Gasteiger partial charge in [0, 0.05) is 24.7 Å². The van der Waals surface area contributed by atoms with Crippen molar-refractivity contribution in [1.29, 1.82) is 0 Å². The molecular weight excluding hydrogens is 406 g/mol. The van der Waals surface area contributed by atoms with Crippen molar-refractivity contribution >= 4 is 44.3 Å². The van der Waals surface area contributed by atoms with Gasteiger partial charge in [0.15, 0.2) is 10.8 Å². The number of fused-ring (bicyclic) bond motifs is 1. The van der Waals surface area contributed by atoms with E-state index in [1.807, 2.05) is 35.9 Å². The predicted octanol–water partition coefficient (Wildman–Crippen LogP) is 4.43. The van der Waals surface area contributed by atoms with Gasteiger partial charge >= 0.3 is 0 Å². The summed E-state index contributed by atoms with van der Waals surface area (Å²) in [4.78, 5) is 19.7. The van der Waals surface area contributed by atoms with Crippen LogP contribution >= 0.6 is 22.9 Å². The van der Waals surface area contributed by atoms with Crippen LogP contribution in [-0.4, -0.2) is 40.3 Å². The van der Waals surface area contributed by atoms with Gasteiger partial charge in [-0.1, -0.05) is 36.8 Å². The fraction of sp³-hybridized carbons (Fsp3) is 0.476. The number of nitrogens with zero attached hydrogens (tertiary/aromatic N) is 4. The first-order valence-electron chi connectivity index (χ1n) is 10.1. The quantitative estimate of drug-likeness (QED) is 0.649. The average Bonchev–Trinajstić information content (AvgIpc) is 3.28. The number of rotatable bonds is 5. The molecule has 0 saturated carbocycles. The van der Waals surface area contributed by atoms with Crippen molar-refractivity contribution in [3.8, 4) is 5.69 Å². The lowest BCUT2D eigenvalue weighted by molar-refractivity contribution is -0.125. The normalized spacial score (nSPS) is 17.3. The van der Waals surface area contributed by atoms with E-state index in [0.29, 0.717) is 17.5 Å². The molecule has 0 bridgehead atoms. The Morgan fingerprint density at radius 1 is 1.34 bits per heavy atom. The van der Waals surface area contributed by atoms with Crippen LogP contribution in [-0.2, 0) is 4.79 Å². The van der Waals surface area contributed by atoms with Gasteiger partial charge in [-0.05, 0) is 49.9 Å². The summed E-state index contributed by atoms with van der Waals surface area (Å²) in [5, 5.41) is 9.40. The topological polar surface area (TPSA) is 63.1 Å². The number of piperidine rings is 1. The van der Waals surface area contributed by atoms with Crippen molar-refractivity contribution < 1.29 is 4.79 Å². The highest BCUT2D eigenvalue weighted by Gasteiger charge is 2.28. The third-order valence-electron chi connectivity index (χ3n) is 5.20. The number of carbonyl (C=O) groups is 1. The molecule has 3 aromatic rings. The van der Waals surface area contributed by atoms with Crippen molar-refractivity contribution in [3.05, 3.63) is 35.0 Å². The van der Waals surface area contributed by atoms with E-state index in [4.69, 9.17) is 16.6 Å². The van der Waals surface area contributed by atoms with Crippen molar-refractivity contribution in [3.63, 3.8) is 0 Å². The molecule has 1 atom stereocenters. The van der Waals surface area contributed by atoms with Gasteiger partial charge in [0.05, 0.1) is 22.0 Å². The maximum Gasteiger partial charge on any atom is 0.224 e. The molecule has 1 amide bonds. The fourth-order valence-corrected chi connectivity index (χ4v) is 4.78. The zero-order chi connectivity index (χ0) is 20.5. The first-order chi connectivity index (χ1) is 13.9. The van der Waals surface area contributed by atoms with Crippen LogP contribution in [0.2, 0.25) is 5.02 Å². The molecule has 1 aliphatic heterocycles. The zero-order valence-corrected chi connectivity index (χ0v) is 18.6. The van der Waals surface area contributed by atoms with E-state index in [1.165, 1.54) is 0 Å². The number of amides is 1. The number of carbonyl (C=O) groups excluding carboxylic acids is 1. The molecule has 1 fully saturated rings. The Hall–Kier alpha value is -2.12. The van der Waals surface area contributed by atoms with Gasteiger partial charge in [0.25, 0.3) is 0 Å². The van der Waals surface area contributed by atoms with E-state index in [-0.39, 0.29) is 11.8 Å². The van der Waals surface area contributed by atoms with Crippen LogP contribution in [0.1, 0.15) is 32.4 Å². The lowest BCUT2D eigenvalue weighted by atomic mass is 9.97. The van der Waals surface area contributed by atoms with Crippen molar-refractivity contribution in [1.82, 2.24) is 20.1 Å². The molecule has 1 saturated heterocycles. The number of anilines is 1. The number of hydrogen-bond acceptors (Lipinski definition) is 5. The lowest BCUT2D eigenvalue weighted by Crippen LogP contribution is -2.43. The smallest absolute Gasteiger partial charge is 0.224 e. The summed E-state index contributed by atoms with van der Waals surface area (Å²) >= 11 is 7.68. The summed E-state index contributed by atoms with van der Waals surface area (Å²) < 4.78 is 2.96. The van der Waals surface area contributed by atoms with Crippen LogP contribution in [0.3, 0.4) is 0 Å². The van der Waals surface area contributed by atoms with E-state index in [1.54, 1.807) is 11.3 Å². The molecule has 0 unspecified atom stereocenters. The number of thiazole rings is 1. The van der Waals surface area contributed by atoms with Crippen molar-refractivity contribution in [2.75, 3.05) is 24.5 Å². The second kappa shape index (κ2) is 8.32. The number of hydrogen-bond donors (Lipinski definition) is 1. The highest BCUT2D eigenvalue weighted by atomic mass is 35.5. The Morgan fingerprint density at radius 2 is 2.10 bits per heavy atom. The highest BCUT2D eigenvalue weighted by Crippen LogP contribution is 2.34. The summed E-state index contributed by atoms with van der Waals surface area (Å²) in [5.74, 6) is 0.637. The molecule has 3 heterocycles. The molecule has 0 aliphatic carbocycles. The van der Waals surface area contributed by atoms with Crippen LogP contribution in [0.15, 0.2) is 24.3 Å². The molecule has 8 heteroatoms. The largest absolute Gasteiger partial charge is 0.356 e. The molecule has 0 radical (unpaired) electrons. The van der Waals surface area contributed by atoms with Crippen LogP contribution in [0.25, 0.3) is 16.0 Å². The summed E-state index contributed by atoms with van der Waals surface area (Å²) in [5.41, 5.74) is 2.76. The van der Waals surface area contributed by atoms with E-state index in [9.17, 15) is 4.79 Å². The van der Waals surface area contributed by atoms with Gasteiger partial charge in [-0.2, -0.15) is 10.1 Å². The van der Waals surface area contributed by atoms with Crippen LogP contribution in [0.4, 0.5) is 5.13 Å². The maximum atomic E-state index is 12.5. The molecule has 0 spiro atoms. The molecule has 29 heavy (non-hydrogen) atoms. The van der Waals surface area contributed by atoms with Crippen LogP contribution in [0, 0.1) is 18.8 Å². The van der Waals surface area contributed by atoms with Crippen LogP contribution < -0.4 is 10.2 Å². The third-order valence-corrected chi connectivity index (χ3v) is 6.66. The highest BCUT2D eigenvalue weighted by molar-refractivity contribution is 7.22. The average molecular weight is 432 g/mol. The van der Waals surface area contributed by atoms with Crippen molar-refractivity contribution in [2.45, 2.75) is 33.6 Å². The summed E-state index contributed by atoms with van der Waals surface area (Å²) in [7, 11) is 0. The molecule has 6 nitrogen and oxygen atoms in total. The monoisotopic (exact) mass is 431 g/mol. The first kappa shape index (κ1) is 20.2. The minimum absolute atomic E-state index is 0.0170. The second-order valence-corrected chi connectivity index (χ2v) is 9.46. The maximum absolute atomic E-state index is 12.5. The summed E-state index contributed by atoms with van der Waals surface area (Å²) in [6, 6.07) is 7.61. The van der Waals surface area contributed by atoms with Gasteiger partial charge in [0.1, 0.15) is 0 Å². The second-order valence-electron chi connectivity index (χ2n) is 8.05. The molecule has 154 valence electrons. The lowest BCUT2D eigenvalue weighted by Gasteiger charge is -2.31. The number of halogens is 1. The molecule has 1 N–H and O–H groups in total. The van der Waals surface area contributed by atoms with E-state index >= 15 is 0 Å². The number of aromatic nitrogens is 3. The van der Waals surface area contributed by atoms with Gasteiger partial charge in [0.2, 0.25) is 5.91 Å². The van der Waals surface area contributed by atoms with E-state index < -0.39 is 0 Å². The van der Waals surface area contributed by atoms with E-state index in [0.717, 1.165) is 52.8 Å². The van der Waals surface area contributed by atoms with Crippen LogP contribution in [0.5, 0.6) is 0 Å². The van der Waals surface area contributed by atoms with Gasteiger partial charge in [-0.15, -0.1) is 0 Å². The third kappa shape index (κ3) is 4.26. The standard InChI is InChI=1S/C21H26ClN5OS/c1-13(2)11-23-20(28)15-5-4-10-26(12-15)21-24-19-18(29-21)14(3)25-27(19)17-8-6-16(22)7-9-17/h6-9,13,15H,4-5,10-12H2,1-3H3,(H,23,28)/t15-/m0/s1. The number of nitrogens with one attached hydrogen (secondary N) is 1. The SMILES string of the molecule is Cc1nn(-c2ccc(Cl)cc2)c2nc(N3CCC[C@H](C(=O)NCC(C)C)C3)sc12. The molecule has 1 aromatic carbocycles. The van der Waals surface area contributed by atoms with E-state index in [2.05, 4.69) is 29.2 Å². The molecule has 4 rings (SSSR count). The zero-order valence-electron chi connectivity index (χ0n) is 17.0. The number of benzene rings is 1. The Morgan fingerprint density at radius 3 is 2.83 bits per heavy atom. The minimum Gasteiger partial charge on any atom is -0.356 e. The summed E-state index contributed by atoms with van der Waals surface area (Å²) in [6.07, 6.45) is 1.93. The molecular formula is C21H26ClN5OS. The molecule has 1 aliphatic rings. The van der Waals surface area contributed by atoms with Gasteiger partial charge < -0.3 is 10.2 Å².